The number of anilines is 1. The number of nitrogens with zero attached hydrogens (tertiary/aromatic N) is 2. The molecule has 0 unspecified atom stereocenters. The van der Waals surface area contributed by atoms with E-state index in [0.717, 1.165) is 0 Å². The van der Waals surface area contributed by atoms with E-state index >= 15 is 0 Å². The maximum absolute atomic E-state index is 12.1. The van der Waals surface area contributed by atoms with E-state index in [4.69, 9.17) is 5.73 Å². The summed E-state index contributed by atoms with van der Waals surface area (Å²) in [5.74, 6) is -0.387. The lowest BCUT2D eigenvalue weighted by Gasteiger charge is -2.15. The summed E-state index contributed by atoms with van der Waals surface area (Å²) in [5, 5.41) is 0. The molecule has 1 aliphatic rings. The van der Waals surface area contributed by atoms with Crippen LogP contribution in [0.5, 0.6) is 0 Å². The van der Waals surface area contributed by atoms with Crippen molar-refractivity contribution in [3.8, 4) is 0 Å². The largest absolute Gasteiger partial charge is 0.384 e. The molecule has 82 valence electrons. The summed E-state index contributed by atoms with van der Waals surface area (Å²) in [6, 6.07) is 6.24. The van der Waals surface area contributed by atoms with Gasteiger partial charge in [0.05, 0.1) is 11.1 Å². The highest BCUT2D eigenvalue weighted by Crippen LogP contribution is 2.24. The molecule has 0 saturated heterocycles. The minimum Gasteiger partial charge on any atom is -0.384 e. The molecule has 0 saturated carbocycles. The lowest BCUT2D eigenvalue weighted by molar-refractivity contribution is 0.0971. The van der Waals surface area contributed by atoms with Gasteiger partial charge in [-0.05, 0) is 24.3 Å². The number of nitrogens with two attached hydrogens (primary N) is 1. The molecule has 0 aliphatic heterocycles. The van der Waals surface area contributed by atoms with Gasteiger partial charge in [0.25, 0.3) is 0 Å². The van der Waals surface area contributed by atoms with Crippen LogP contribution in [0.15, 0.2) is 30.5 Å². The van der Waals surface area contributed by atoms with Crippen molar-refractivity contribution in [2.75, 3.05) is 5.73 Å². The molecule has 1 aliphatic carbocycles. The van der Waals surface area contributed by atoms with Crippen LogP contribution in [-0.4, -0.2) is 21.5 Å². The third kappa shape index (κ3) is 1.25. The van der Waals surface area contributed by atoms with Crippen molar-refractivity contribution < 1.29 is 9.59 Å². The summed E-state index contributed by atoms with van der Waals surface area (Å²) in [5.41, 5.74) is 6.34. The van der Waals surface area contributed by atoms with Crippen molar-refractivity contribution >= 4 is 17.4 Å². The van der Waals surface area contributed by atoms with Crippen LogP contribution in [0.25, 0.3) is 0 Å². The predicted octanol–water partition coefficient (Wildman–Crippen LogP) is 0.834. The fourth-order valence-electron chi connectivity index (χ4n) is 1.86. The van der Waals surface area contributed by atoms with E-state index in [2.05, 4.69) is 9.97 Å². The maximum Gasteiger partial charge on any atom is 0.231 e. The Labute approximate surface area is 96.3 Å². The van der Waals surface area contributed by atoms with Gasteiger partial charge in [-0.1, -0.05) is 0 Å². The summed E-state index contributed by atoms with van der Waals surface area (Å²) in [7, 11) is 0. The van der Waals surface area contributed by atoms with Gasteiger partial charge in [0.15, 0.2) is 5.78 Å². The molecule has 2 N–H and O–H groups in total. The second kappa shape index (κ2) is 3.21. The second-order valence-corrected chi connectivity index (χ2v) is 3.69. The van der Waals surface area contributed by atoms with E-state index in [-0.39, 0.29) is 34.3 Å². The first-order valence-electron chi connectivity index (χ1n) is 4.99. The highest BCUT2D eigenvalue weighted by molar-refractivity contribution is 6.26. The number of hydrogen-bond acceptors (Lipinski definition) is 5. The van der Waals surface area contributed by atoms with Gasteiger partial charge < -0.3 is 5.73 Å². The molecule has 0 spiro atoms. The fraction of sp³-hybridized carbons (Fsp3) is 0. The van der Waals surface area contributed by atoms with Gasteiger partial charge in [-0.3, -0.25) is 14.6 Å². The molecule has 0 fully saturated rings. The smallest absolute Gasteiger partial charge is 0.231 e. The van der Waals surface area contributed by atoms with Gasteiger partial charge >= 0.3 is 0 Å². The van der Waals surface area contributed by atoms with E-state index in [0.29, 0.717) is 5.56 Å². The van der Waals surface area contributed by atoms with Crippen LogP contribution in [-0.2, 0) is 0 Å². The van der Waals surface area contributed by atoms with Crippen molar-refractivity contribution in [1.29, 1.82) is 0 Å². The summed E-state index contributed by atoms with van der Waals surface area (Å²) in [6.07, 6.45) is 1.47. The number of hydrogen-bond donors (Lipinski definition) is 1. The van der Waals surface area contributed by atoms with Crippen LogP contribution in [0.3, 0.4) is 0 Å². The summed E-state index contributed by atoms with van der Waals surface area (Å²) in [6.45, 7) is 0. The number of rotatable bonds is 0. The van der Waals surface area contributed by atoms with Gasteiger partial charge in [-0.2, -0.15) is 0 Å². The number of carbonyl (C=O) groups excluding carboxylic acids is 2. The fourth-order valence-corrected chi connectivity index (χ4v) is 1.86. The monoisotopic (exact) mass is 225 g/mol. The molecule has 3 rings (SSSR count). The number of ketones is 2. The quantitative estimate of drug-likeness (QED) is 0.612. The van der Waals surface area contributed by atoms with Gasteiger partial charge in [0.1, 0.15) is 17.2 Å². The van der Waals surface area contributed by atoms with Crippen molar-refractivity contribution in [3.63, 3.8) is 0 Å². The van der Waals surface area contributed by atoms with Gasteiger partial charge in [-0.15, -0.1) is 0 Å². The van der Waals surface area contributed by atoms with Gasteiger partial charge in [0.2, 0.25) is 5.78 Å². The average Bonchev–Trinajstić information content (AvgIpc) is 2.36. The Bertz CT molecular complexity index is 665. The highest BCUT2D eigenvalue weighted by atomic mass is 16.1. The topological polar surface area (TPSA) is 85.9 Å². The molecule has 2 aromatic heterocycles. The molecule has 0 amide bonds. The molecular weight excluding hydrogens is 218 g/mol. The van der Waals surface area contributed by atoms with Crippen LogP contribution in [0.4, 0.5) is 5.82 Å². The zero-order valence-corrected chi connectivity index (χ0v) is 8.68. The molecule has 2 aromatic rings. The Kier molecular flexibility index (Phi) is 1.82. The maximum atomic E-state index is 12.1. The number of carbonyl (C=O) groups is 2. The molecule has 17 heavy (non-hydrogen) atoms. The SMILES string of the molecule is Nc1ccc2c(n1)C(=O)c1ncccc1C2=O. The molecule has 5 nitrogen and oxygen atoms in total. The summed E-state index contributed by atoms with van der Waals surface area (Å²) < 4.78 is 0. The van der Waals surface area contributed by atoms with Crippen molar-refractivity contribution in [2.45, 2.75) is 0 Å². The van der Waals surface area contributed by atoms with E-state index in [1.807, 2.05) is 0 Å². The van der Waals surface area contributed by atoms with Crippen molar-refractivity contribution in [2.24, 2.45) is 0 Å². The summed E-state index contributed by atoms with van der Waals surface area (Å²) >= 11 is 0. The molecular formula is C12H7N3O2. The lowest BCUT2D eigenvalue weighted by atomic mass is 9.90. The molecule has 2 heterocycles. The van der Waals surface area contributed by atoms with Crippen LogP contribution in [0, 0.1) is 0 Å². The molecule has 0 radical (unpaired) electrons. The Morgan fingerprint density at radius 2 is 1.71 bits per heavy atom. The van der Waals surface area contributed by atoms with Crippen LogP contribution >= 0.6 is 0 Å². The van der Waals surface area contributed by atoms with E-state index in [9.17, 15) is 9.59 Å². The zero-order valence-electron chi connectivity index (χ0n) is 8.68. The number of pyridine rings is 2. The first-order chi connectivity index (χ1) is 8.18. The second-order valence-electron chi connectivity index (χ2n) is 3.69. The number of nitrogen functional groups attached to an aromatic ring is 1. The molecule has 0 aromatic carbocycles. The van der Waals surface area contributed by atoms with Crippen LogP contribution in [0.2, 0.25) is 0 Å². The molecule has 0 atom stereocenters. The van der Waals surface area contributed by atoms with Gasteiger partial charge in [0, 0.05) is 6.20 Å². The third-order valence-corrected chi connectivity index (χ3v) is 2.64. The standard InChI is InChI=1S/C12H7N3O2/c13-8-4-3-7-10(15-8)12(17)9-6(11(7)16)2-1-5-14-9/h1-5H,(H2,13,15). The molecule has 0 bridgehead atoms. The number of fused-ring (bicyclic) bond motifs is 2. The van der Waals surface area contributed by atoms with Crippen molar-refractivity contribution in [1.82, 2.24) is 9.97 Å². The highest BCUT2D eigenvalue weighted by Gasteiger charge is 2.31. The number of aromatic nitrogens is 2. The lowest BCUT2D eigenvalue weighted by Crippen LogP contribution is -2.23. The normalized spacial score (nSPS) is 13.2. The minimum atomic E-state index is -0.359. The van der Waals surface area contributed by atoms with Crippen molar-refractivity contribution in [3.05, 3.63) is 53.0 Å². The molecule has 5 heteroatoms. The van der Waals surface area contributed by atoms with Crippen LogP contribution < -0.4 is 5.73 Å². The predicted molar refractivity (Wildman–Crippen MR) is 59.8 cm³/mol. The van der Waals surface area contributed by atoms with E-state index in [1.54, 1.807) is 12.1 Å². The Morgan fingerprint density at radius 3 is 2.53 bits per heavy atom. The van der Waals surface area contributed by atoms with Gasteiger partial charge in [-0.25, -0.2) is 4.98 Å². The van der Waals surface area contributed by atoms with E-state index < -0.39 is 0 Å². The average molecular weight is 225 g/mol. The zero-order chi connectivity index (χ0) is 12.0. The van der Waals surface area contributed by atoms with Crippen LogP contribution in [0.1, 0.15) is 32.1 Å². The first kappa shape index (κ1) is 9.65. The Balaban J connectivity index is 2.33. The van der Waals surface area contributed by atoms with E-state index in [1.165, 1.54) is 18.3 Å². The minimum absolute atomic E-state index is 0.0844. The first-order valence-corrected chi connectivity index (χ1v) is 4.99. The Morgan fingerprint density at radius 1 is 0.941 bits per heavy atom. The third-order valence-electron chi connectivity index (χ3n) is 2.64. The Hall–Kier alpha value is -2.56. The summed E-state index contributed by atoms with van der Waals surface area (Å²) in [4.78, 5) is 32.0.